The molecule has 2 aromatic heterocycles. The predicted octanol–water partition coefficient (Wildman–Crippen LogP) is 4.89. The van der Waals surface area contributed by atoms with Gasteiger partial charge in [0.2, 0.25) is 0 Å². The Morgan fingerprint density at radius 3 is 2.74 bits per heavy atom. The number of fused-ring (bicyclic) bond motifs is 5. The zero-order chi connectivity index (χ0) is 28.6. The molecule has 0 radical (unpaired) electrons. The zero-order valence-electron chi connectivity index (χ0n) is 23.6. The molecule has 42 heavy (non-hydrogen) atoms. The minimum Gasteiger partial charge on any atom is -0.508 e. The molecule has 4 atom stereocenters. The van der Waals surface area contributed by atoms with Gasteiger partial charge in [0.1, 0.15) is 35.6 Å². The lowest BCUT2D eigenvalue weighted by Gasteiger charge is -2.35. The molecular weight excluding hydrogens is 538 g/mol. The van der Waals surface area contributed by atoms with Gasteiger partial charge in [-0.05, 0) is 62.1 Å². The van der Waals surface area contributed by atoms with Gasteiger partial charge in [0, 0.05) is 43.7 Å². The number of piperazine rings is 1. The molecule has 4 aliphatic heterocycles. The number of pyridine rings is 1. The van der Waals surface area contributed by atoms with E-state index in [-0.39, 0.29) is 35.1 Å². The van der Waals surface area contributed by atoms with Crippen LogP contribution in [0.25, 0.3) is 32.9 Å². The fourth-order valence-corrected chi connectivity index (χ4v) is 7.89. The number of anilines is 1. The molecule has 4 aliphatic rings. The van der Waals surface area contributed by atoms with Crippen molar-refractivity contribution in [1.29, 1.82) is 0 Å². The van der Waals surface area contributed by atoms with Crippen molar-refractivity contribution in [2.45, 2.75) is 62.8 Å². The van der Waals surface area contributed by atoms with Crippen LogP contribution in [0.3, 0.4) is 0 Å². The number of hydrogen-bond acceptors (Lipinski definition) is 8. The summed E-state index contributed by atoms with van der Waals surface area (Å²) < 4.78 is 37.4. The number of benzene rings is 2. The second-order valence-electron chi connectivity index (χ2n) is 12.5. The van der Waals surface area contributed by atoms with Crippen LogP contribution in [0.4, 0.5) is 14.6 Å². The summed E-state index contributed by atoms with van der Waals surface area (Å²) in [6, 6.07) is 11.5. The molecule has 0 spiro atoms. The zero-order valence-corrected chi connectivity index (χ0v) is 23.6. The molecule has 10 heteroatoms. The number of aryl methyl sites for hydroxylation is 1. The molecule has 4 fully saturated rings. The van der Waals surface area contributed by atoms with E-state index in [1.165, 1.54) is 0 Å². The fraction of sp³-hybridized carbons (Fsp3) is 0.469. The Morgan fingerprint density at radius 1 is 1.10 bits per heavy atom. The maximum absolute atomic E-state index is 16.7. The number of nitrogens with zero attached hydrogens (tertiary/aromatic N) is 5. The van der Waals surface area contributed by atoms with Gasteiger partial charge in [-0.3, -0.25) is 4.90 Å². The maximum atomic E-state index is 16.7. The molecule has 2 N–H and O–H groups in total. The van der Waals surface area contributed by atoms with E-state index in [0.717, 1.165) is 56.1 Å². The van der Waals surface area contributed by atoms with Crippen molar-refractivity contribution >= 4 is 27.5 Å². The summed E-state index contributed by atoms with van der Waals surface area (Å²) in [4.78, 5) is 18.7. The van der Waals surface area contributed by atoms with Crippen LogP contribution >= 0.6 is 0 Å². The second-order valence-corrected chi connectivity index (χ2v) is 12.5. The minimum atomic E-state index is -0.871. The van der Waals surface area contributed by atoms with Gasteiger partial charge in [0.15, 0.2) is 5.82 Å². The summed E-state index contributed by atoms with van der Waals surface area (Å²) in [6.45, 7) is 4.92. The van der Waals surface area contributed by atoms with Crippen LogP contribution in [0.5, 0.6) is 11.8 Å². The topological polar surface area (TPSA) is 86.6 Å². The third-order valence-electron chi connectivity index (χ3n) is 9.78. The number of halogens is 2. The molecule has 0 saturated carbocycles. The van der Waals surface area contributed by atoms with Crippen LogP contribution < -0.4 is 15.0 Å². The number of hydrogen-bond donors (Lipinski definition) is 2. The van der Waals surface area contributed by atoms with Crippen molar-refractivity contribution in [3.8, 4) is 23.0 Å². The lowest BCUT2D eigenvalue weighted by atomic mass is 9.95. The molecule has 4 aromatic rings. The number of nitrogens with one attached hydrogen (secondary N) is 1. The lowest BCUT2D eigenvalue weighted by Crippen LogP contribution is -2.51. The van der Waals surface area contributed by atoms with Crippen LogP contribution in [-0.2, 0) is 0 Å². The van der Waals surface area contributed by atoms with Crippen LogP contribution in [0.2, 0.25) is 0 Å². The largest absolute Gasteiger partial charge is 0.508 e. The molecule has 2 bridgehead atoms. The number of aromatic hydroxyl groups is 1. The van der Waals surface area contributed by atoms with Gasteiger partial charge >= 0.3 is 6.01 Å². The van der Waals surface area contributed by atoms with Gasteiger partial charge < -0.3 is 20.1 Å². The standard InChI is InChI=1S/C32H34F2N6O2/c1-18-26-29(27(34)28(35-18)25-12-23(41)11-19-5-2-3-6-24(19)25)37-31(38-30(26)39-15-21-7-8-22(16-39)36-21)42-17-32-9-4-10-40(32)14-20(33)13-32/h2-3,5-6,11-12,20-22,36,41H,4,7-10,13-17H2,1H3/t20-,21?,22?,32+/m1/s1. The number of rotatable bonds is 5. The average molecular weight is 573 g/mol. The van der Waals surface area contributed by atoms with E-state index in [9.17, 15) is 9.50 Å². The van der Waals surface area contributed by atoms with E-state index in [2.05, 4.69) is 20.1 Å². The highest BCUT2D eigenvalue weighted by Crippen LogP contribution is 2.42. The molecule has 8 nitrogen and oxygen atoms in total. The summed E-state index contributed by atoms with van der Waals surface area (Å²) in [5.74, 6) is 0.0814. The third-order valence-corrected chi connectivity index (χ3v) is 9.78. The Morgan fingerprint density at radius 2 is 1.90 bits per heavy atom. The number of phenolic OH excluding ortho intramolecular Hbond substituents is 1. The molecule has 2 aromatic carbocycles. The molecular formula is C32H34F2N6O2. The maximum Gasteiger partial charge on any atom is 0.319 e. The first-order chi connectivity index (χ1) is 20.4. The summed E-state index contributed by atoms with van der Waals surface area (Å²) in [5.41, 5.74) is 1.00. The van der Waals surface area contributed by atoms with Gasteiger partial charge in [-0.15, -0.1) is 0 Å². The Hall–Kier alpha value is -3.63. The van der Waals surface area contributed by atoms with Crippen molar-refractivity contribution in [3.05, 3.63) is 47.9 Å². The Bertz CT molecular complexity index is 1710. The molecule has 218 valence electrons. The van der Waals surface area contributed by atoms with E-state index in [4.69, 9.17) is 14.7 Å². The number of alkyl halides is 1. The van der Waals surface area contributed by atoms with E-state index in [1.54, 1.807) is 12.1 Å². The van der Waals surface area contributed by atoms with E-state index in [1.807, 2.05) is 31.2 Å². The summed E-state index contributed by atoms with van der Waals surface area (Å²) in [6.07, 6.45) is 3.61. The van der Waals surface area contributed by atoms with Gasteiger partial charge in [0.05, 0.1) is 16.6 Å². The van der Waals surface area contributed by atoms with E-state index < -0.39 is 12.0 Å². The number of ether oxygens (including phenoxy) is 1. The average Bonchev–Trinajstić information content (AvgIpc) is 3.63. The van der Waals surface area contributed by atoms with Gasteiger partial charge in [-0.2, -0.15) is 9.97 Å². The summed E-state index contributed by atoms with van der Waals surface area (Å²) in [5, 5.41) is 16.3. The van der Waals surface area contributed by atoms with Gasteiger partial charge in [0.25, 0.3) is 0 Å². The van der Waals surface area contributed by atoms with Crippen molar-refractivity contribution < 1.29 is 18.6 Å². The first-order valence-corrected chi connectivity index (χ1v) is 15.0. The Labute approximate surface area is 242 Å². The van der Waals surface area contributed by atoms with Crippen molar-refractivity contribution in [1.82, 2.24) is 25.2 Å². The fourth-order valence-electron chi connectivity index (χ4n) is 7.89. The highest BCUT2D eigenvalue weighted by atomic mass is 19.1. The Balaban J connectivity index is 1.27. The monoisotopic (exact) mass is 572 g/mol. The lowest BCUT2D eigenvalue weighted by molar-refractivity contribution is 0.107. The van der Waals surface area contributed by atoms with Gasteiger partial charge in [-0.1, -0.05) is 24.3 Å². The Kier molecular flexibility index (Phi) is 6.01. The minimum absolute atomic E-state index is 0.0365. The van der Waals surface area contributed by atoms with Crippen LogP contribution in [0, 0.1) is 12.7 Å². The highest BCUT2D eigenvalue weighted by molar-refractivity contribution is 6.00. The number of phenols is 1. The molecule has 4 saturated heterocycles. The highest BCUT2D eigenvalue weighted by Gasteiger charge is 2.49. The molecule has 0 aliphatic carbocycles. The molecule has 8 rings (SSSR count). The second kappa shape index (κ2) is 9.70. The first-order valence-electron chi connectivity index (χ1n) is 15.0. The number of aromatic nitrogens is 3. The van der Waals surface area contributed by atoms with Crippen molar-refractivity contribution in [2.24, 2.45) is 0 Å². The molecule has 2 unspecified atom stereocenters. The first kappa shape index (κ1) is 26.0. The normalized spacial score (nSPS) is 27.3. The third kappa shape index (κ3) is 4.18. The predicted molar refractivity (Wildman–Crippen MR) is 157 cm³/mol. The SMILES string of the molecule is Cc1nc(-c2cc(O)cc3ccccc23)c(F)c2nc(OC[C@@]34CCCN3C[C@H](F)C4)nc(N3CC4CCC(C3)N4)c12. The van der Waals surface area contributed by atoms with E-state index >= 15 is 4.39 Å². The smallest absolute Gasteiger partial charge is 0.319 e. The summed E-state index contributed by atoms with van der Waals surface area (Å²) >= 11 is 0. The van der Waals surface area contributed by atoms with Crippen molar-refractivity contribution in [2.75, 3.05) is 37.7 Å². The summed E-state index contributed by atoms with van der Waals surface area (Å²) in [7, 11) is 0. The van der Waals surface area contributed by atoms with E-state index in [0.29, 0.717) is 47.5 Å². The van der Waals surface area contributed by atoms with Crippen LogP contribution in [0.15, 0.2) is 36.4 Å². The molecule has 6 heterocycles. The van der Waals surface area contributed by atoms with Crippen LogP contribution in [0.1, 0.15) is 37.8 Å². The molecule has 0 amide bonds. The van der Waals surface area contributed by atoms with Gasteiger partial charge in [-0.25, -0.2) is 13.8 Å². The quantitative estimate of drug-likeness (QED) is 0.350. The van der Waals surface area contributed by atoms with Crippen molar-refractivity contribution in [3.63, 3.8) is 0 Å². The van der Waals surface area contributed by atoms with Crippen LogP contribution in [-0.4, -0.2) is 81.5 Å².